The zero-order valence-corrected chi connectivity index (χ0v) is 11.0. The molecule has 2 N–H and O–H groups in total. The number of carbonyl (C=O) groups is 1. The molecule has 100 valence electrons. The number of amides is 1. The minimum atomic E-state index is 0.00785. The number of hydrogen-bond acceptors (Lipinski definition) is 5. The molecule has 0 radical (unpaired) electrons. The molecular weight excluding hydrogens is 220 g/mol. The summed E-state index contributed by atoms with van der Waals surface area (Å²) in [6.45, 7) is 6.79. The van der Waals surface area contributed by atoms with Crippen molar-refractivity contribution in [2.45, 2.75) is 13.0 Å². The number of hydrazine groups is 1. The van der Waals surface area contributed by atoms with Gasteiger partial charge in [-0.1, -0.05) is 0 Å². The monoisotopic (exact) mass is 244 g/mol. The van der Waals surface area contributed by atoms with E-state index in [1.54, 1.807) is 7.11 Å². The van der Waals surface area contributed by atoms with Gasteiger partial charge in [-0.05, 0) is 14.0 Å². The maximum Gasteiger partial charge on any atom is 0.235 e. The molecular formula is C11H24N4O2. The molecule has 0 spiro atoms. The van der Waals surface area contributed by atoms with Crippen molar-refractivity contribution in [1.82, 2.24) is 20.7 Å². The van der Waals surface area contributed by atoms with Crippen LogP contribution in [0.15, 0.2) is 0 Å². The van der Waals surface area contributed by atoms with E-state index in [2.05, 4.69) is 27.7 Å². The molecule has 0 aromatic heterocycles. The number of piperazine rings is 1. The molecule has 17 heavy (non-hydrogen) atoms. The zero-order valence-electron chi connectivity index (χ0n) is 11.0. The molecule has 1 saturated heterocycles. The van der Waals surface area contributed by atoms with E-state index in [1.807, 2.05) is 6.92 Å². The smallest absolute Gasteiger partial charge is 0.235 e. The summed E-state index contributed by atoms with van der Waals surface area (Å²) >= 11 is 0. The summed E-state index contributed by atoms with van der Waals surface area (Å²) in [7, 11) is 3.74. The fourth-order valence-corrected chi connectivity index (χ4v) is 1.77. The molecule has 1 rings (SSSR count). The highest BCUT2D eigenvalue weighted by molar-refractivity contribution is 5.78. The second kappa shape index (κ2) is 7.60. The quantitative estimate of drug-likeness (QED) is 0.620. The van der Waals surface area contributed by atoms with Crippen LogP contribution in [-0.2, 0) is 9.53 Å². The third-order valence-corrected chi connectivity index (χ3v) is 2.79. The van der Waals surface area contributed by atoms with Crippen LogP contribution < -0.4 is 10.7 Å². The lowest BCUT2D eigenvalue weighted by Crippen LogP contribution is -2.53. The van der Waals surface area contributed by atoms with Gasteiger partial charge in [0.05, 0.1) is 13.2 Å². The molecule has 1 aliphatic rings. The summed E-state index contributed by atoms with van der Waals surface area (Å²) < 4.78 is 4.96. The average molecular weight is 244 g/mol. The van der Waals surface area contributed by atoms with E-state index in [-0.39, 0.29) is 11.9 Å². The number of nitrogens with zero attached hydrogens (tertiary/aromatic N) is 2. The molecule has 1 heterocycles. The summed E-state index contributed by atoms with van der Waals surface area (Å²) in [4.78, 5) is 13.8. The molecule has 1 atom stereocenters. The minimum absolute atomic E-state index is 0.00785. The number of hydrogen-bond donors (Lipinski definition) is 2. The second-order valence-corrected chi connectivity index (χ2v) is 4.55. The van der Waals surface area contributed by atoms with E-state index in [0.717, 1.165) is 26.2 Å². The molecule has 0 saturated carbocycles. The molecule has 0 aromatic carbocycles. The summed E-state index contributed by atoms with van der Waals surface area (Å²) in [6, 6.07) is 0.0572. The van der Waals surface area contributed by atoms with Crippen molar-refractivity contribution in [2.24, 2.45) is 0 Å². The van der Waals surface area contributed by atoms with Crippen LogP contribution in [0.5, 0.6) is 0 Å². The third kappa shape index (κ3) is 5.97. The summed E-state index contributed by atoms with van der Waals surface area (Å²) in [6.07, 6.45) is 0. The number of carbonyl (C=O) groups excluding carboxylic acids is 1. The van der Waals surface area contributed by atoms with Crippen LogP contribution in [0.25, 0.3) is 0 Å². The van der Waals surface area contributed by atoms with E-state index in [0.29, 0.717) is 13.2 Å². The number of rotatable bonds is 6. The van der Waals surface area contributed by atoms with E-state index >= 15 is 0 Å². The Kier molecular flexibility index (Phi) is 6.43. The highest BCUT2D eigenvalue weighted by atomic mass is 16.5. The minimum Gasteiger partial charge on any atom is -0.383 e. The van der Waals surface area contributed by atoms with Gasteiger partial charge in [0, 0.05) is 39.3 Å². The normalized spacial score (nSPS) is 20.2. The van der Waals surface area contributed by atoms with Crippen LogP contribution in [0.4, 0.5) is 0 Å². The Morgan fingerprint density at radius 1 is 1.35 bits per heavy atom. The number of ether oxygens (including phenoxy) is 1. The van der Waals surface area contributed by atoms with Crippen molar-refractivity contribution in [3.8, 4) is 0 Å². The van der Waals surface area contributed by atoms with Crippen LogP contribution in [0, 0.1) is 0 Å². The molecule has 1 aliphatic heterocycles. The molecule has 1 fully saturated rings. The van der Waals surface area contributed by atoms with Crippen LogP contribution in [-0.4, -0.2) is 75.3 Å². The first-order valence-corrected chi connectivity index (χ1v) is 6.07. The van der Waals surface area contributed by atoms with Gasteiger partial charge in [0.15, 0.2) is 0 Å². The topological polar surface area (TPSA) is 56.8 Å². The molecule has 6 heteroatoms. The SMILES string of the molecule is COCC(C)NC(=O)CNN1CCN(C)CC1. The molecule has 0 bridgehead atoms. The highest BCUT2D eigenvalue weighted by Gasteiger charge is 2.14. The molecule has 1 unspecified atom stereocenters. The molecule has 1 amide bonds. The van der Waals surface area contributed by atoms with Crippen LogP contribution >= 0.6 is 0 Å². The Labute approximate surface area is 103 Å². The molecule has 0 aromatic rings. The number of likely N-dealkylation sites (N-methyl/N-ethyl adjacent to an activating group) is 1. The van der Waals surface area contributed by atoms with E-state index in [1.165, 1.54) is 0 Å². The first-order valence-electron chi connectivity index (χ1n) is 6.07. The Hall–Kier alpha value is -0.690. The maximum atomic E-state index is 11.6. The Bertz CT molecular complexity index is 230. The van der Waals surface area contributed by atoms with E-state index < -0.39 is 0 Å². The number of methoxy groups -OCH3 is 1. The van der Waals surface area contributed by atoms with Gasteiger partial charge in [-0.2, -0.15) is 0 Å². The van der Waals surface area contributed by atoms with Crippen molar-refractivity contribution in [1.29, 1.82) is 0 Å². The van der Waals surface area contributed by atoms with Crippen LogP contribution in [0.3, 0.4) is 0 Å². The van der Waals surface area contributed by atoms with Gasteiger partial charge in [-0.15, -0.1) is 0 Å². The Morgan fingerprint density at radius 2 is 2.00 bits per heavy atom. The fourth-order valence-electron chi connectivity index (χ4n) is 1.77. The van der Waals surface area contributed by atoms with Crippen molar-refractivity contribution >= 4 is 5.91 Å². The largest absolute Gasteiger partial charge is 0.383 e. The van der Waals surface area contributed by atoms with Crippen LogP contribution in [0.2, 0.25) is 0 Å². The standard InChI is InChI=1S/C11H24N4O2/c1-10(9-17-3)13-11(16)8-12-15-6-4-14(2)5-7-15/h10,12H,4-9H2,1-3H3,(H,13,16). The van der Waals surface area contributed by atoms with Crippen molar-refractivity contribution in [3.63, 3.8) is 0 Å². The lowest BCUT2D eigenvalue weighted by atomic mass is 10.3. The first-order chi connectivity index (χ1) is 8.11. The number of nitrogens with one attached hydrogen (secondary N) is 2. The van der Waals surface area contributed by atoms with Gasteiger partial charge >= 0.3 is 0 Å². The van der Waals surface area contributed by atoms with Crippen molar-refractivity contribution in [2.75, 3.05) is 53.5 Å². The summed E-state index contributed by atoms with van der Waals surface area (Å²) in [5.74, 6) is 0.00785. The average Bonchev–Trinajstić information content (AvgIpc) is 2.28. The second-order valence-electron chi connectivity index (χ2n) is 4.55. The Morgan fingerprint density at radius 3 is 2.59 bits per heavy atom. The predicted molar refractivity (Wildman–Crippen MR) is 66.6 cm³/mol. The van der Waals surface area contributed by atoms with Gasteiger partial charge < -0.3 is 15.0 Å². The van der Waals surface area contributed by atoms with Gasteiger partial charge in [0.2, 0.25) is 5.91 Å². The lowest BCUT2D eigenvalue weighted by molar-refractivity contribution is -0.122. The van der Waals surface area contributed by atoms with Crippen molar-refractivity contribution < 1.29 is 9.53 Å². The van der Waals surface area contributed by atoms with E-state index in [9.17, 15) is 4.79 Å². The summed E-state index contributed by atoms with van der Waals surface area (Å²) in [5, 5.41) is 4.96. The molecule has 0 aliphatic carbocycles. The summed E-state index contributed by atoms with van der Waals surface area (Å²) in [5.41, 5.74) is 3.14. The maximum absolute atomic E-state index is 11.6. The first kappa shape index (κ1) is 14.4. The van der Waals surface area contributed by atoms with E-state index in [4.69, 9.17) is 4.74 Å². The molecule has 6 nitrogen and oxygen atoms in total. The fraction of sp³-hybridized carbons (Fsp3) is 0.909. The van der Waals surface area contributed by atoms with Crippen LogP contribution in [0.1, 0.15) is 6.92 Å². The predicted octanol–water partition coefficient (Wildman–Crippen LogP) is -1.11. The van der Waals surface area contributed by atoms with Crippen molar-refractivity contribution in [3.05, 3.63) is 0 Å². The lowest BCUT2D eigenvalue weighted by Gasteiger charge is -2.32. The third-order valence-electron chi connectivity index (χ3n) is 2.79. The van der Waals surface area contributed by atoms with Gasteiger partial charge in [-0.3, -0.25) is 4.79 Å². The van der Waals surface area contributed by atoms with Gasteiger partial charge in [-0.25, -0.2) is 10.4 Å². The highest BCUT2D eigenvalue weighted by Crippen LogP contribution is 1.94. The van der Waals surface area contributed by atoms with Gasteiger partial charge in [0.1, 0.15) is 0 Å². The van der Waals surface area contributed by atoms with Gasteiger partial charge in [0.25, 0.3) is 0 Å². The zero-order chi connectivity index (χ0) is 12.7. The Balaban J connectivity index is 2.11.